The lowest BCUT2D eigenvalue weighted by atomic mass is 10.0. The van der Waals surface area contributed by atoms with E-state index in [0.717, 1.165) is 32.7 Å². The third kappa shape index (κ3) is 6.59. The van der Waals surface area contributed by atoms with Gasteiger partial charge in [0.1, 0.15) is 11.9 Å². The molecule has 2 aliphatic heterocycles. The van der Waals surface area contributed by atoms with Gasteiger partial charge in [-0.05, 0) is 30.0 Å². The second-order valence-corrected chi connectivity index (χ2v) is 6.13. The minimum absolute atomic E-state index is 0. The quantitative estimate of drug-likeness (QED) is 0.404. The highest BCUT2D eigenvalue weighted by Gasteiger charge is 2.39. The number of rotatable bonds is 4. The number of para-hydroxylation sites is 1. The Labute approximate surface area is 160 Å². The van der Waals surface area contributed by atoms with Crippen molar-refractivity contribution in [2.75, 3.05) is 37.6 Å². The van der Waals surface area contributed by atoms with Gasteiger partial charge in [0.25, 0.3) is 0 Å². The summed E-state index contributed by atoms with van der Waals surface area (Å²) in [4.78, 5) is 4.85. The molecule has 154 valence electrons. The molecule has 2 aliphatic rings. The van der Waals surface area contributed by atoms with Gasteiger partial charge in [-0.3, -0.25) is 4.90 Å². The molecule has 0 radical (unpaired) electrons. The van der Waals surface area contributed by atoms with E-state index < -0.39 is 6.17 Å². The normalized spacial score (nSPS) is 21.7. The first kappa shape index (κ1) is 26.6. The van der Waals surface area contributed by atoms with Crippen LogP contribution < -0.4 is 28.7 Å². The van der Waals surface area contributed by atoms with Gasteiger partial charge in [0.05, 0.1) is 0 Å². The predicted octanol–water partition coefficient (Wildman–Crippen LogP) is 2.97. The number of aliphatic hydroxyl groups excluding tert-OH is 1. The van der Waals surface area contributed by atoms with Gasteiger partial charge < -0.3 is 33.8 Å². The molecule has 3 rings (SSSR count). The molecule has 2 saturated heterocycles. The van der Waals surface area contributed by atoms with Crippen molar-refractivity contribution >= 4 is 5.69 Å². The van der Waals surface area contributed by atoms with Crippen LogP contribution in [-0.2, 0) is 0 Å². The monoisotopic (exact) mass is 370 g/mol. The maximum atomic E-state index is 9.56. The van der Waals surface area contributed by atoms with Crippen molar-refractivity contribution in [3.8, 4) is 0 Å². The molecule has 26 heavy (non-hydrogen) atoms. The Kier molecular flexibility index (Phi) is 13.0. The number of fused-ring (bicyclic) bond motifs is 1. The molecule has 2 unspecified atom stereocenters. The van der Waals surface area contributed by atoms with E-state index in [-0.39, 0.29) is 26.9 Å². The smallest absolute Gasteiger partial charge is 0.121 e. The van der Waals surface area contributed by atoms with Gasteiger partial charge in [-0.2, -0.15) is 0 Å². The Bertz CT molecular complexity index is 500. The number of benzene rings is 1. The summed E-state index contributed by atoms with van der Waals surface area (Å²) in [5.41, 5.74) is 12.2. The van der Waals surface area contributed by atoms with E-state index in [9.17, 15) is 5.11 Å². The van der Waals surface area contributed by atoms with Crippen molar-refractivity contribution < 1.29 is 6.53 Å². The summed E-state index contributed by atoms with van der Waals surface area (Å²) in [5, 5.41) is 9.56. The molecule has 1 aromatic carbocycles. The molecule has 11 N–H and O–H groups in total. The summed E-state index contributed by atoms with van der Waals surface area (Å²) in [7, 11) is 0. The first-order valence-electron chi connectivity index (χ1n) is 8.56. The van der Waals surface area contributed by atoms with E-state index in [1.165, 1.54) is 5.69 Å². The van der Waals surface area contributed by atoms with Crippen LogP contribution >= 0.6 is 0 Å². The summed E-state index contributed by atoms with van der Waals surface area (Å²) in [6.07, 6.45) is 0.974. The third-order valence-electron chi connectivity index (χ3n) is 4.58. The number of nitrogens with zero attached hydrogens (tertiary/aromatic N) is 2. The SMILES string of the molecule is C.CC.N.N.NC(N)/C(O)=C/CN1CC2CN(c3ccccc3)CC2C1.[HH]. The molecule has 2 fully saturated rings. The minimum Gasteiger partial charge on any atom is -0.510 e. The highest BCUT2D eigenvalue weighted by Crippen LogP contribution is 2.33. The molecule has 0 saturated carbocycles. The van der Waals surface area contributed by atoms with E-state index in [0.29, 0.717) is 11.8 Å². The van der Waals surface area contributed by atoms with Crippen LogP contribution in [0.5, 0.6) is 0 Å². The summed E-state index contributed by atoms with van der Waals surface area (Å²) < 4.78 is 0. The van der Waals surface area contributed by atoms with E-state index in [1.54, 1.807) is 6.08 Å². The average Bonchev–Trinajstić information content (AvgIpc) is 3.13. The second kappa shape index (κ2) is 12.7. The zero-order valence-electron chi connectivity index (χ0n) is 15.6. The number of aliphatic hydroxyl groups is 1. The standard InChI is InChI=1S/C16H24N4O.C2H6.CH4.2H3N.H2/c17-16(18)15(21)6-7-19-8-12-10-20(11-13(12)9-19)14-4-2-1-3-5-14;1-2;;;;/h1-6,12-13,16,21H,7-11,17-18H2;1-2H3;1H4;2*1H3;1H/b15-6-;;;;;. The van der Waals surface area contributed by atoms with Crippen molar-refractivity contribution in [1.29, 1.82) is 0 Å². The van der Waals surface area contributed by atoms with Crippen LogP contribution in [0.25, 0.3) is 0 Å². The zero-order valence-corrected chi connectivity index (χ0v) is 15.6. The molecule has 0 amide bonds. The fourth-order valence-electron chi connectivity index (χ4n) is 3.45. The zero-order chi connectivity index (χ0) is 16.8. The molecular formula is C19H42N6O. The largest absolute Gasteiger partial charge is 0.510 e. The molecule has 0 bridgehead atoms. The van der Waals surface area contributed by atoms with Crippen LogP contribution in [0.4, 0.5) is 5.69 Å². The molecule has 2 atom stereocenters. The lowest BCUT2D eigenvalue weighted by Crippen LogP contribution is -2.34. The molecule has 1 aromatic rings. The Balaban J connectivity index is -0.000000930. The number of likely N-dealkylation sites (tertiary alicyclic amines) is 1. The van der Waals surface area contributed by atoms with Gasteiger partial charge in [0.2, 0.25) is 0 Å². The number of hydrogen-bond donors (Lipinski definition) is 5. The van der Waals surface area contributed by atoms with Crippen LogP contribution in [0.2, 0.25) is 0 Å². The van der Waals surface area contributed by atoms with Gasteiger partial charge in [-0.25, -0.2) is 0 Å². The Morgan fingerprint density at radius 3 is 2.08 bits per heavy atom. The summed E-state index contributed by atoms with van der Waals surface area (Å²) in [6.45, 7) is 9.14. The second-order valence-electron chi connectivity index (χ2n) is 6.13. The number of nitrogens with two attached hydrogens (primary N) is 2. The molecular weight excluding hydrogens is 328 g/mol. The highest BCUT2D eigenvalue weighted by atomic mass is 16.3. The molecule has 0 aromatic heterocycles. The summed E-state index contributed by atoms with van der Waals surface area (Å²) >= 11 is 0. The number of anilines is 1. The fourth-order valence-corrected chi connectivity index (χ4v) is 3.45. The van der Waals surface area contributed by atoms with Gasteiger partial charge >= 0.3 is 0 Å². The third-order valence-corrected chi connectivity index (χ3v) is 4.58. The van der Waals surface area contributed by atoms with Gasteiger partial charge in [0, 0.05) is 39.8 Å². The number of hydrogen-bond acceptors (Lipinski definition) is 7. The van der Waals surface area contributed by atoms with Crippen molar-refractivity contribution in [2.45, 2.75) is 27.4 Å². The Morgan fingerprint density at radius 2 is 1.62 bits per heavy atom. The molecule has 0 spiro atoms. The van der Waals surface area contributed by atoms with E-state index >= 15 is 0 Å². The van der Waals surface area contributed by atoms with Crippen LogP contribution in [0.15, 0.2) is 42.2 Å². The maximum Gasteiger partial charge on any atom is 0.121 e. The molecule has 7 heteroatoms. The van der Waals surface area contributed by atoms with Crippen LogP contribution in [-0.4, -0.2) is 48.9 Å². The van der Waals surface area contributed by atoms with E-state index in [4.69, 9.17) is 11.5 Å². The highest BCUT2D eigenvalue weighted by molar-refractivity contribution is 5.47. The lowest BCUT2D eigenvalue weighted by Gasteiger charge is -2.22. The predicted molar refractivity (Wildman–Crippen MR) is 115 cm³/mol. The van der Waals surface area contributed by atoms with Crippen LogP contribution in [0, 0.1) is 11.8 Å². The average molecular weight is 371 g/mol. The van der Waals surface area contributed by atoms with E-state index in [1.807, 2.05) is 13.8 Å². The first-order chi connectivity index (χ1) is 11.1. The fraction of sp³-hybridized carbons (Fsp3) is 0.579. The van der Waals surface area contributed by atoms with Gasteiger partial charge in [-0.1, -0.05) is 39.5 Å². The van der Waals surface area contributed by atoms with Crippen molar-refractivity contribution in [3.63, 3.8) is 0 Å². The van der Waals surface area contributed by atoms with E-state index in [2.05, 4.69) is 40.1 Å². The first-order valence-corrected chi connectivity index (χ1v) is 8.56. The Hall–Kier alpha value is -1.64. The van der Waals surface area contributed by atoms with Crippen molar-refractivity contribution in [3.05, 3.63) is 42.2 Å². The van der Waals surface area contributed by atoms with Crippen LogP contribution in [0.3, 0.4) is 0 Å². The maximum absolute atomic E-state index is 9.56. The molecule has 2 heterocycles. The molecule has 7 nitrogen and oxygen atoms in total. The van der Waals surface area contributed by atoms with Gasteiger partial charge in [0.15, 0.2) is 0 Å². The topological polar surface area (TPSA) is 149 Å². The van der Waals surface area contributed by atoms with Crippen molar-refractivity contribution in [1.82, 2.24) is 17.2 Å². The summed E-state index contributed by atoms with van der Waals surface area (Å²) in [6, 6.07) is 10.6. The minimum atomic E-state index is -0.763. The van der Waals surface area contributed by atoms with Crippen molar-refractivity contribution in [2.24, 2.45) is 23.3 Å². The summed E-state index contributed by atoms with van der Waals surface area (Å²) in [5.74, 6) is 1.51. The molecule has 0 aliphatic carbocycles. The Morgan fingerprint density at radius 1 is 1.12 bits per heavy atom. The van der Waals surface area contributed by atoms with Gasteiger partial charge in [-0.15, -0.1) is 0 Å². The lowest BCUT2D eigenvalue weighted by molar-refractivity contribution is 0.329. The van der Waals surface area contributed by atoms with Crippen LogP contribution in [0.1, 0.15) is 22.7 Å².